The summed E-state index contributed by atoms with van der Waals surface area (Å²) in [6, 6.07) is 4.10. The molecule has 0 spiro atoms. The number of hydrogen-bond donors (Lipinski definition) is 0. The molecule has 0 aliphatic carbocycles. The largest absolute Gasteiger partial charge is 0.263 e. The van der Waals surface area contributed by atoms with Gasteiger partial charge in [-0.1, -0.05) is 12.1 Å². The zero-order valence-corrected chi connectivity index (χ0v) is 5.56. The van der Waals surface area contributed by atoms with Crippen LogP contribution in [0.3, 0.4) is 0 Å². The smallest absolute Gasteiger partial charge is 0.0540 e. The van der Waals surface area contributed by atoms with Gasteiger partial charge in [0.25, 0.3) is 0 Å². The lowest BCUT2D eigenvalue weighted by Crippen LogP contribution is -1.62. The molecule has 0 fully saturated rings. The summed E-state index contributed by atoms with van der Waals surface area (Å²) in [5.74, 6) is 0. The van der Waals surface area contributed by atoms with Crippen LogP contribution in [0.25, 0.3) is 10.4 Å². The third-order valence-corrected chi connectivity index (χ3v) is 2.13. The Morgan fingerprint density at radius 3 is 3.22 bits per heavy atom. The van der Waals surface area contributed by atoms with Crippen LogP contribution in [0.1, 0.15) is 0 Å². The molecule has 0 N–H and O–H groups in total. The highest BCUT2D eigenvalue weighted by Gasteiger charge is 1.98. The first-order valence-electron chi connectivity index (χ1n) is 2.74. The van der Waals surface area contributed by atoms with Crippen molar-refractivity contribution in [3.8, 4) is 10.4 Å². The van der Waals surface area contributed by atoms with Crippen molar-refractivity contribution in [1.29, 1.82) is 0 Å². The first-order valence-corrected chi connectivity index (χ1v) is 3.62. The molecule has 0 aromatic carbocycles. The zero-order chi connectivity index (χ0) is 6.10. The molecule has 0 aromatic heterocycles. The van der Waals surface area contributed by atoms with Gasteiger partial charge in [0.1, 0.15) is 0 Å². The van der Waals surface area contributed by atoms with Gasteiger partial charge in [0.2, 0.25) is 0 Å². The third kappa shape index (κ3) is 0.715. The van der Waals surface area contributed by atoms with E-state index in [9.17, 15) is 0 Å². The molecule has 0 bridgehead atoms. The van der Waals surface area contributed by atoms with Crippen molar-refractivity contribution in [3.05, 3.63) is 29.9 Å². The molecule has 2 heterocycles. The molecule has 0 saturated heterocycles. The molecule has 2 aliphatic rings. The lowest BCUT2D eigenvalue weighted by atomic mass is 10.3. The fraction of sp³-hybridized carbons (Fsp3) is 0. The Hall–Kier alpha value is -0.890. The average molecular weight is 135 g/mol. The van der Waals surface area contributed by atoms with E-state index in [1.807, 2.05) is 18.5 Å². The highest BCUT2D eigenvalue weighted by molar-refractivity contribution is 7.13. The normalized spacial score (nSPS) is 10.2. The van der Waals surface area contributed by atoms with Gasteiger partial charge in [-0.2, -0.15) is 0 Å². The van der Waals surface area contributed by atoms with Crippen LogP contribution < -0.4 is 0 Å². The van der Waals surface area contributed by atoms with Crippen molar-refractivity contribution in [1.82, 2.24) is 4.98 Å². The molecule has 2 heteroatoms. The standard InChI is InChI=1S/C7H5NS/c1-2-6-4-8-5-7(6)9-3-1/h1-5H. The topological polar surface area (TPSA) is 12.9 Å². The van der Waals surface area contributed by atoms with Gasteiger partial charge in [0.15, 0.2) is 0 Å². The van der Waals surface area contributed by atoms with Crippen molar-refractivity contribution in [2.45, 2.75) is 0 Å². The van der Waals surface area contributed by atoms with E-state index in [-0.39, 0.29) is 0 Å². The van der Waals surface area contributed by atoms with Gasteiger partial charge >= 0.3 is 0 Å². The molecule has 2 rings (SSSR count). The van der Waals surface area contributed by atoms with Crippen molar-refractivity contribution in [2.24, 2.45) is 0 Å². The molecule has 0 radical (unpaired) electrons. The molecule has 0 unspecified atom stereocenters. The molecule has 2 aliphatic heterocycles. The quantitative estimate of drug-likeness (QED) is 0.540. The average Bonchev–Trinajstić information content (AvgIpc) is 2.33. The summed E-state index contributed by atoms with van der Waals surface area (Å²) in [5, 5.41) is 2.06. The monoisotopic (exact) mass is 135 g/mol. The van der Waals surface area contributed by atoms with E-state index in [1.165, 1.54) is 10.4 Å². The minimum absolute atomic E-state index is 1.24. The summed E-state index contributed by atoms with van der Waals surface area (Å²) in [5.41, 5.74) is 1.24. The van der Waals surface area contributed by atoms with Gasteiger partial charge in [-0.15, -0.1) is 11.3 Å². The Morgan fingerprint density at radius 2 is 2.33 bits per heavy atom. The zero-order valence-electron chi connectivity index (χ0n) is 4.74. The van der Waals surface area contributed by atoms with Crippen molar-refractivity contribution in [2.75, 3.05) is 0 Å². The second-order valence-electron chi connectivity index (χ2n) is 1.84. The Kier molecular flexibility index (Phi) is 0.993. The maximum absolute atomic E-state index is 4.01. The maximum Gasteiger partial charge on any atom is 0.0540 e. The van der Waals surface area contributed by atoms with E-state index in [0.29, 0.717) is 0 Å². The van der Waals surface area contributed by atoms with E-state index >= 15 is 0 Å². The van der Waals surface area contributed by atoms with Crippen LogP contribution in [0.5, 0.6) is 0 Å². The molecule has 9 heavy (non-hydrogen) atoms. The molecule has 44 valence electrons. The molecule has 0 atom stereocenters. The van der Waals surface area contributed by atoms with Gasteiger partial charge in [-0.25, -0.2) is 0 Å². The van der Waals surface area contributed by atoms with Crippen molar-refractivity contribution < 1.29 is 0 Å². The maximum atomic E-state index is 4.01. The van der Waals surface area contributed by atoms with E-state index < -0.39 is 0 Å². The van der Waals surface area contributed by atoms with E-state index in [0.717, 1.165) is 0 Å². The van der Waals surface area contributed by atoms with E-state index in [4.69, 9.17) is 0 Å². The van der Waals surface area contributed by atoms with Crippen molar-refractivity contribution >= 4 is 11.3 Å². The Morgan fingerprint density at radius 1 is 1.33 bits per heavy atom. The molecular formula is C7H5NS. The first-order chi connectivity index (χ1) is 4.47. The predicted molar refractivity (Wildman–Crippen MR) is 38.7 cm³/mol. The summed E-state index contributed by atoms with van der Waals surface area (Å²) < 4.78 is 0. The highest BCUT2D eigenvalue weighted by atomic mass is 32.1. The molecule has 0 amide bonds. The summed E-state index contributed by atoms with van der Waals surface area (Å²) in [6.45, 7) is 0. The van der Waals surface area contributed by atoms with Crippen LogP contribution in [-0.4, -0.2) is 4.98 Å². The van der Waals surface area contributed by atoms with E-state index in [1.54, 1.807) is 11.3 Å². The molecular weight excluding hydrogens is 130 g/mol. The number of hydrogen-bond acceptors (Lipinski definition) is 2. The fourth-order valence-corrected chi connectivity index (χ4v) is 1.48. The Balaban J connectivity index is 2.79. The Bertz CT molecular complexity index is 249. The SMILES string of the molecule is c1csc2cncc-2c1. The molecule has 1 nitrogen and oxygen atoms in total. The minimum Gasteiger partial charge on any atom is -0.263 e. The molecule has 0 saturated carbocycles. The van der Waals surface area contributed by atoms with Gasteiger partial charge in [-0.3, -0.25) is 4.98 Å². The van der Waals surface area contributed by atoms with Crippen LogP contribution in [0, 0.1) is 0 Å². The van der Waals surface area contributed by atoms with Crippen LogP contribution in [0.2, 0.25) is 0 Å². The third-order valence-electron chi connectivity index (χ3n) is 1.24. The lowest BCUT2D eigenvalue weighted by molar-refractivity contribution is 1.43. The van der Waals surface area contributed by atoms with Crippen LogP contribution in [-0.2, 0) is 0 Å². The number of rotatable bonds is 0. The molecule has 0 aromatic rings. The highest BCUT2D eigenvalue weighted by Crippen LogP contribution is 2.23. The summed E-state index contributed by atoms with van der Waals surface area (Å²) in [7, 11) is 0. The number of fused-ring (bicyclic) bond motifs is 1. The van der Waals surface area contributed by atoms with Gasteiger partial charge < -0.3 is 0 Å². The van der Waals surface area contributed by atoms with Crippen LogP contribution in [0.4, 0.5) is 0 Å². The fourth-order valence-electron chi connectivity index (χ4n) is 0.803. The van der Waals surface area contributed by atoms with Gasteiger partial charge in [0.05, 0.1) is 4.88 Å². The summed E-state index contributed by atoms with van der Waals surface area (Å²) in [6.07, 6.45) is 3.77. The minimum atomic E-state index is 1.24. The number of aromatic nitrogens is 1. The predicted octanol–water partition coefficient (Wildman–Crippen LogP) is 2.25. The second-order valence-corrected chi connectivity index (χ2v) is 2.79. The van der Waals surface area contributed by atoms with Crippen LogP contribution >= 0.6 is 11.3 Å². The Labute approximate surface area is 57.3 Å². The van der Waals surface area contributed by atoms with Crippen LogP contribution in [0.15, 0.2) is 29.9 Å². The van der Waals surface area contributed by atoms with Crippen molar-refractivity contribution in [3.63, 3.8) is 0 Å². The summed E-state index contributed by atoms with van der Waals surface area (Å²) >= 11 is 1.72. The second kappa shape index (κ2) is 1.81. The van der Waals surface area contributed by atoms with Gasteiger partial charge in [-0.05, 0) is 5.38 Å². The van der Waals surface area contributed by atoms with Gasteiger partial charge in [0, 0.05) is 18.0 Å². The summed E-state index contributed by atoms with van der Waals surface area (Å²) in [4.78, 5) is 5.27. The van der Waals surface area contributed by atoms with E-state index in [2.05, 4.69) is 16.4 Å². The lowest BCUT2D eigenvalue weighted by Gasteiger charge is -1.89. The first kappa shape index (κ1) is 4.94. The number of nitrogens with zero attached hydrogens (tertiary/aromatic N) is 1.